The molecule has 0 bridgehead atoms. The molecule has 3 aromatic rings. The SMILES string of the molecule is COc1ccc(C(=O)N2CCO[C@H](CN3CCCN(C(=O)c4ccc5ccccc5c4)CC3)C2)cc1. The van der Waals surface area contributed by atoms with Crippen LogP contribution in [0.1, 0.15) is 27.1 Å². The summed E-state index contributed by atoms with van der Waals surface area (Å²) in [6, 6.07) is 21.3. The summed E-state index contributed by atoms with van der Waals surface area (Å²) < 4.78 is 11.2. The van der Waals surface area contributed by atoms with Crippen molar-refractivity contribution in [2.24, 2.45) is 0 Å². The van der Waals surface area contributed by atoms with Gasteiger partial charge in [-0.15, -0.1) is 0 Å². The van der Waals surface area contributed by atoms with Gasteiger partial charge in [0.1, 0.15) is 5.75 Å². The monoisotopic (exact) mass is 487 g/mol. The van der Waals surface area contributed by atoms with E-state index in [0.717, 1.165) is 54.7 Å². The summed E-state index contributed by atoms with van der Waals surface area (Å²) in [6.45, 7) is 5.59. The second-order valence-electron chi connectivity index (χ2n) is 9.48. The van der Waals surface area contributed by atoms with Gasteiger partial charge in [-0.3, -0.25) is 14.5 Å². The molecule has 0 saturated carbocycles. The molecule has 5 rings (SSSR count). The Morgan fingerprint density at radius 1 is 0.833 bits per heavy atom. The smallest absolute Gasteiger partial charge is 0.254 e. The minimum Gasteiger partial charge on any atom is -0.497 e. The first kappa shape index (κ1) is 24.3. The van der Waals surface area contributed by atoms with Crippen LogP contribution in [-0.2, 0) is 4.74 Å². The van der Waals surface area contributed by atoms with Crippen molar-refractivity contribution in [2.75, 3.05) is 59.5 Å². The highest BCUT2D eigenvalue weighted by molar-refractivity contribution is 5.98. The molecule has 3 aromatic carbocycles. The zero-order valence-corrected chi connectivity index (χ0v) is 20.8. The molecule has 0 spiro atoms. The number of carbonyl (C=O) groups is 2. The first-order chi connectivity index (χ1) is 17.6. The summed E-state index contributed by atoms with van der Waals surface area (Å²) in [5, 5.41) is 2.23. The number of ether oxygens (including phenoxy) is 2. The Morgan fingerprint density at radius 3 is 2.39 bits per heavy atom. The average molecular weight is 488 g/mol. The standard InChI is InChI=1S/C29H33N3O4/c1-35-26-11-9-23(10-12-26)28(33)32-17-18-36-27(21-32)20-30-13-4-14-31(16-15-30)29(34)25-8-7-22-5-2-3-6-24(22)19-25/h2-3,5-12,19,27H,4,13-18,20-21H2,1H3/t27-/m1/s1. The third-order valence-corrected chi connectivity index (χ3v) is 7.10. The first-order valence-corrected chi connectivity index (χ1v) is 12.7. The number of amides is 2. The Morgan fingerprint density at radius 2 is 1.58 bits per heavy atom. The molecule has 2 aliphatic heterocycles. The van der Waals surface area contributed by atoms with Gasteiger partial charge in [0.15, 0.2) is 0 Å². The number of nitrogens with zero attached hydrogens (tertiary/aromatic N) is 3. The largest absolute Gasteiger partial charge is 0.497 e. The Bertz CT molecular complexity index is 1210. The van der Waals surface area contributed by atoms with Crippen molar-refractivity contribution in [3.05, 3.63) is 77.9 Å². The lowest BCUT2D eigenvalue weighted by Crippen LogP contribution is -2.50. The third kappa shape index (κ3) is 5.53. The van der Waals surface area contributed by atoms with Crippen molar-refractivity contribution in [3.63, 3.8) is 0 Å². The van der Waals surface area contributed by atoms with Crippen LogP contribution >= 0.6 is 0 Å². The second kappa shape index (κ2) is 11.1. The molecule has 2 aliphatic rings. The molecule has 2 heterocycles. The predicted molar refractivity (Wildman–Crippen MR) is 140 cm³/mol. The molecule has 0 aliphatic carbocycles. The Hall–Kier alpha value is -3.42. The molecular formula is C29H33N3O4. The van der Waals surface area contributed by atoms with Crippen molar-refractivity contribution in [1.29, 1.82) is 0 Å². The van der Waals surface area contributed by atoms with E-state index in [0.29, 0.717) is 31.8 Å². The van der Waals surface area contributed by atoms with Crippen molar-refractivity contribution in [1.82, 2.24) is 14.7 Å². The number of fused-ring (bicyclic) bond motifs is 1. The normalized spacial score (nSPS) is 19.2. The van der Waals surface area contributed by atoms with Gasteiger partial charge in [0.25, 0.3) is 11.8 Å². The van der Waals surface area contributed by atoms with E-state index in [1.807, 2.05) is 70.5 Å². The maximum absolute atomic E-state index is 13.2. The van der Waals surface area contributed by atoms with Gasteiger partial charge in [0, 0.05) is 50.4 Å². The Kier molecular flexibility index (Phi) is 7.49. The van der Waals surface area contributed by atoms with Crippen LogP contribution in [-0.4, -0.2) is 92.1 Å². The summed E-state index contributed by atoms with van der Waals surface area (Å²) in [5.74, 6) is 0.850. The van der Waals surface area contributed by atoms with E-state index in [4.69, 9.17) is 9.47 Å². The maximum atomic E-state index is 13.2. The van der Waals surface area contributed by atoms with Crippen LogP contribution < -0.4 is 4.74 Å². The molecule has 188 valence electrons. The van der Waals surface area contributed by atoms with Gasteiger partial charge in [-0.2, -0.15) is 0 Å². The average Bonchev–Trinajstić information content (AvgIpc) is 3.17. The van der Waals surface area contributed by atoms with Gasteiger partial charge in [-0.05, 0) is 60.1 Å². The van der Waals surface area contributed by atoms with Crippen LogP contribution in [0.25, 0.3) is 10.8 Å². The van der Waals surface area contributed by atoms with Gasteiger partial charge in [0.2, 0.25) is 0 Å². The van der Waals surface area contributed by atoms with Gasteiger partial charge in [-0.1, -0.05) is 30.3 Å². The van der Waals surface area contributed by atoms with E-state index in [1.54, 1.807) is 7.11 Å². The molecule has 2 fully saturated rings. The zero-order valence-electron chi connectivity index (χ0n) is 20.8. The van der Waals surface area contributed by atoms with Crippen LogP contribution in [0, 0.1) is 0 Å². The highest BCUT2D eigenvalue weighted by atomic mass is 16.5. The van der Waals surface area contributed by atoms with E-state index < -0.39 is 0 Å². The minimum absolute atomic E-state index is 0.0222. The van der Waals surface area contributed by atoms with Crippen LogP contribution in [0.4, 0.5) is 0 Å². The van der Waals surface area contributed by atoms with E-state index in [1.165, 1.54) is 0 Å². The fourth-order valence-corrected chi connectivity index (χ4v) is 5.08. The molecule has 36 heavy (non-hydrogen) atoms. The number of hydrogen-bond donors (Lipinski definition) is 0. The molecule has 7 heteroatoms. The van der Waals surface area contributed by atoms with Crippen molar-refractivity contribution in [2.45, 2.75) is 12.5 Å². The quantitative estimate of drug-likeness (QED) is 0.551. The fraction of sp³-hybridized carbons (Fsp3) is 0.379. The first-order valence-electron chi connectivity index (χ1n) is 12.7. The van der Waals surface area contributed by atoms with Crippen molar-refractivity contribution >= 4 is 22.6 Å². The second-order valence-corrected chi connectivity index (χ2v) is 9.48. The van der Waals surface area contributed by atoms with Crippen LogP contribution in [0.15, 0.2) is 66.7 Å². The molecular weight excluding hydrogens is 454 g/mol. The number of rotatable bonds is 5. The molecule has 0 unspecified atom stereocenters. The summed E-state index contributed by atoms with van der Waals surface area (Å²) in [5.41, 5.74) is 1.40. The van der Waals surface area contributed by atoms with Gasteiger partial charge < -0.3 is 19.3 Å². The predicted octanol–water partition coefficient (Wildman–Crippen LogP) is 3.54. The van der Waals surface area contributed by atoms with E-state index >= 15 is 0 Å². The minimum atomic E-state index is -0.0383. The van der Waals surface area contributed by atoms with Gasteiger partial charge in [0.05, 0.1) is 19.8 Å². The van der Waals surface area contributed by atoms with E-state index in [2.05, 4.69) is 11.0 Å². The number of morpholine rings is 1. The Balaban J connectivity index is 1.16. The molecule has 2 saturated heterocycles. The lowest BCUT2D eigenvalue weighted by molar-refractivity contribution is -0.0353. The summed E-state index contributed by atoms with van der Waals surface area (Å²) in [7, 11) is 1.62. The fourth-order valence-electron chi connectivity index (χ4n) is 5.08. The summed E-state index contributed by atoms with van der Waals surface area (Å²) in [6.07, 6.45) is 0.879. The molecule has 0 aromatic heterocycles. The maximum Gasteiger partial charge on any atom is 0.254 e. The number of methoxy groups -OCH3 is 1. The summed E-state index contributed by atoms with van der Waals surface area (Å²) in [4.78, 5) is 32.4. The number of hydrogen-bond acceptors (Lipinski definition) is 5. The Labute approximate surface area is 212 Å². The van der Waals surface area contributed by atoms with Crippen molar-refractivity contribution < 1.29 is 19.1 Å². The van der Waals surface area contributed by atoms with Gasteiger partial charge >= 0.3 is 0 Å². The number of benzene rings is 3. The summed E-state index contributed by atoms with van der Waals surface area (Å²) >= 11 is 0. The van der Waals surface area contributed by atoms with Crippen molar-refractivity contribution in [3.8, 4) is 5.75 Å². The third-order valence-electron chi connectivity index (χ3n) is 7.10. The van der Waals surface area contributed by atoms with E-state index in [9.17, 15) is 9.59 Å². The molecule has 1 atom stereocenters. The lowest BCUT2D eigenvalue weighted by atomic mass is 10.1. The molecule has 0 radical (unpaired) electrons. The number of carbonyl (C=O) groups excluding carboxylic acids is 2. The molecule has 0 N–H and O–H groups in total. The lowest BCUT2D eigenvalue weighted by Gasteiger charge is -2.35. The molecule has 2 amide bonds. The zero-order chi connectivity index (χ0) is 24.9. The highest BCUT2D eigenvalue weighted by Crippen LogP contribution is 2.19. The van der Waals surface area contributed by atoms with Gasteiger partial charge in [-0.25, -0.2) is 0 Å². The molecule has 7 nitrogen and oxygen atoms in total. The highest BCUT2D eigenvalue weighted by Gasteiger charge is 2.28. The topological polar surface area (TPSA) is 62.3 Å². The van der Waals surface area contributed by atoms with Crippen LogP contribution in [0.3, 0.4) is 0 Å². The van der Waals surface area contributed by atoms with Crippen LogP contribution in [0.5, 0.6) is 5.75 Å². The van der Waals surface area contributed by atoms with Crippen LogP contribution in [0.2, 0.25) is 0 Å². The van der Waals surface area contributed by atoms with E-state index in [-0.39, 0.29) is 17.9 Å².